The number of thiazole rings is 1. The lowest BCUT2D eigenvalue weighted by Gasteiger charge is -1.99. The molecule has 6 heteroatoms. The SMILES string of the molecule is CC(=O)Nc1ccc2nc(NC(=O)C3CC3C)sc2c1. The topological polar surface area (TPSA) is 71.1 Å². The Morgan fingerprint density at radius 3 is 2.75 bits per heavy atom. The van der Waals surface area contributed by atoms with E-state index in [1.807, 2.05) is 12.1 Å². The molecule has 1 saturated carbocycles. The van der Waals surface area contributed by atoms with Crippen LogP contribution in [0.25, 0.3) is 10.2 Å². The molecule has 2 aromatic rings. The van der Waals surface area contributed by atoms with Crippen LogP contribution < -0.4 is 10.6 Å². The van der Waals surface area contributed by atoms with E-state index in [9.17, 15) is 9.59 Å². The van der Waals surface area contributed by atoms with Gasteiger partial charge in [0, 0.05) is 18.5 Å². The molecule has 0 spiro atoms. The Morgan fingerprint density at radius 2 is 2.10 bits per heavy atom. The second-order valence-corrected chi connectivity index (χ2v) is 6.22. The molecule has 2 amide bonds. The molecule has 2 N–H and O–H groups in total. The molecule has 1 aromatic heterocycles. The van der Waals surface area contributed by atoms with E-state index >= 15 is 0 Å². The van der Waals surface area contributed by atoms with Crippen molar-refractivity contribution in [3.05, 3.63) is 18.2 Å². The average Bonchev–Trinajstić information content (AvgIpc) is 2.96. The number of anilines is 2. The standard InChI is InChI=1S/C14H15N3O2S/c1-7-5-10(7)13(19)17-14-16-11-4-3-9(15-8(2)18)6-12(11)20-14/h3-4,6-7,10H,5H2,1-2H3,(H,15,18)(H,16,17,19). The van der Waals surface area contributed by atoms with Crippen LogP contribution in [0.3, 0.4) is 0 Å². The maximum atomic E-state index is 11.9. The summed E-state index contributed by atoms with van der Waals surface area (Å²) in [6.45, 7) is 3.54. The smallest absolute Gasteiger partial charge is 0.229 e. The molecule has 0 radical (unpaired) electrons. The van der Waals surface area contributed by atoms with E-state index in [0.29, 0.717) is 11.0 Å². The number of hydrogen-bond donors (Lipinski definition) is 2. The Labute approximate surface area is 120 Å². The summed E-state index contributed by atoms with van der Waals surface area (Å²) in [6, 6.07) is 5.51. The number of hydrogen-bond acceptors (Lipinski definition) is 4. The van der Waals surface area contributed by atoms with Crippen LogP contribution in [0, 0.1) is 11.8 Å². The number of carbonyl (C=O) groups is 2. The first-order valence-electron chi connectivity index (χ1n) is 6.52. The van der Waals surface area contributed by atoms with Gasteiger partial charge in [-0.25, -0.2) is 4.98 Å². The maximum Gasteiger partial charge on any atom is 0.229 e. The van der Waals surface area contributed by atoms with Crippen molar-refractivity contribution in [1.29, 1.82) is 0 Å². The molecular weight excluding hydrogens is 274 g/mol. The van der Waals surface area contributed by atoms with E-state index in [1.54, 1.807) is 6.07 Å². The number of benzene rings is 1. The number of amides is 2. The van der Waals surface area contributed by atoms with Gasteiger partial charge < -0.3 is 10.6 Å². The van der Waals surface area contributed by atoms with Crippen molar-refractivity contribution < 1.29 is 9.59 Å². The van der Waals surface area contributed by atoms with Gasteiger partial charge in [-0.05, 0) is 30.5 Å². The van der Waals surface area contributed by atoms with E-state index in [-0.39, 0.29) is 17.7 Å². The largest absolute Gasteiger partial charge is 0.326 e. The Morgan fingerprint density at radius 1 is 1.35 bits per heavy atom. The van der Waals surface area contributed by atoms with Crippen molar-refractivity contribution in [2.24, 2.45) is 11.8 Å². The molecule has 104 valence electrons. The van der Waals surface area contributed by atoms with Gasteiger partial charge in [0.15, 0.2) is 5.13 Å². The van der Waals surface area contributed by atoms with Gasteiger partial charge in [0.2, 0.25) is 11.8 Å². The molecule has 2 unspecified atom stereocenters. The van der Waals surface area contributed by atoms with E-state index in [4.69, 9.17) is 0 Å². The summed E-state index contributed by atoms with van der Waals surface area (Å²) in [7, 11) is 0. The summed E-state index contributed by atoms with van der Waals surface area (Å²) in [5.74, 6) is 0.566. The average molecular weight is 289 g/mol. The molecule has 1 aliphatic rings. The fourth-order valence-electron chi connectivity index (χ4n) is 2.14. The number of fused-ring (bicyclic) bond motifs is 1. The van der Waals surface area contributed by atoms with Crippen molar-refractivity contribution in [1.82, 2.24) is 4.98 Å². The van der Waals surface area contributed by atoms with E-state index < -0.39 is 0 Å². The van der Waals surface area contributed by atoms with Gasteiger partial charge in [-0.2, -0.15) is 0 Å². The first kappa shape index (κ1) is 13.1. The normalized spacial score (nSPS) is 20.7. The molecule has 5 nitrogen and oxygen atoms in total. The quantitative estimate of drug-likeness (QED) is 0.912. The molecule has 2 atom stereocenters. The Kier molecular flexibility index (Phi) is 3.17. The number of carbonyl (C=O) groups excluding carboxylic acids is 2. The van der Waals surface area contributed by atoms with Crippen LogP contribution in [0.2, 0.25) is 0 Å². The first-order valence-corrected chi connectivity index (χ1v) is 7.33. The summed E-state index contributed by atoms with van der Waals surface area (Å²) in [4.78, 5) is 27.3. The number of rotatable bonds is 3. The Hall–Kier alpha value is -1.95. The van der Waals surface area contributed by atoms with E-state index in [2.05, 4.69) is 22.5 Å². The summed E-state index contributed by atoms with van der Waals surface area (Å²) in [5, 5.41) is 6.21. The van der Waals surface area contributed by atoms with Crippen molar-refractivity contribution in [3.8, 4) is 0 Å². The Bertz CT molecular complexity index is 695. The monoisotopic (exact) mass is 289 g/mol. The highest BCUT2D eigenvalue weighted by Gasteiger charge is 2.39. The van der Waals surface area contributed by atoms with E-state index in [0.717, 1.165) is 22.3 Å². The van der Waals surface area contributed by atoms with Crippen molar-refractivity contribution in [2.75, 3.05) is 10.6 Å². The highest BCUT2D eigenvalue weighted by Crippen LogP contribution is 2.39. The molecule has 0 bridgehead atoms. The second-order valence-electron chi connectivity index (χ2n) is 5.19. The third kappa shape index (κ3) is 2.65. The predicted molar refractivity (Wildman–Crippen MR) is 79.8 cm³/mol. The summed E-state index contributed by atoms with van der Waals surface area (Å²) in [6.07, 6.45) is 0.962. The van der Waals surface area contributed by atoms with Gasteiger partial charge in [-0.15, -0.1) is 0 Å². The van der Waals surface area contributed by atoms with Gasteiger partial charge in [-0.1, -0.05) is 18.3 Å². The highest BCUT2D eigenvalue weighted by molar-refractivity contribution is 7.22. The molecule has 0 aliphatic heterocycles. The first-order chi connectivity index (χ1) is 9.52. The fraction of sp³-hybridized carbons (Fsp3) is 0.357. The van der Waals surface area contributed by atoms with Crippen LogP contribution in [0.5, 0.6) is 0 Å². The molecule has 20 heavy (non-hydrogen) atoms. The number of nitrogens with one attached hydrogen (secondary N) is 2. The van der Waals surface area contributed by atoms with Gasteiger partial charge >= 0.3 is 0 Å². The second kappa shape index (κ2) is 4.86. The molecule has 1 aliphatic carbocycles. The molecular formula is C14H15N3O2S. The zero-order valence-electron chi connectivity index (χ0n) is 11.3. The van der Waals surface area contributed by atoms with Gasteiger partial charge in [0.1, 0.15) is 0 Å². The van der Waals surface area contributed by atoms with Crippen molar-refractivity contribution in [2.45, 2.75) is 20.3 Å². The van der Waals surface area contributed by atoms with Crippen LogP contribution in [-0.4, -0.2) is 16.8 Å². The van der Waals surface area contributed by atoms with Crippen molar-refractivity contribution >= 4 is 44.2 Å². The van der Waals surface area contributed by atoms with Gasteiger partial charge in [0.05, 0.1) is 10.2 Å². The summed E-state index contributed by atoms with van der Waals surface area (Å²) >= 11 is 1.42. The van der Waals surface area contributed by atoms with Crippen molar-refractivity contribution in [3.63, 3.8) is 0 Å². The molecule has 1 aromatic carbocycles. The third-order valence-corrected chi connectivity index (χ3v) is 4.32. The van der Waals surface area contributed by atoms with Crippen LogP contribution in [-0.2, 0) is 9.59 Å². The minimum atomic E-state index is -0.106. The van der Waals surface area contributed by atoms with E-state index in [1.165, 1.54) is 18.3 Å². The number of aromatic nitrogens is 1. The minimum Gasteiger partial charge on any atom is -0.326 e. The molecule has 0 saturated heterocycles. The lowest BCUT2D eigenvalue weighted by atomic mass is 10.3. The highest BCUT2D eigenvalue weighted by atomic mass is 32.1. The van der Waals surface area contributed by atoms with Gasteiger partial charge in [-0.3, -0.25) is 9.59 Å². The zero-order chi connectivity index (χ0) is 14.3. The maximum absolute atomic E-state index is 11.9. The lowest BCUT2D eigenvalue weighted by molar-refractivity contribution is -0.117. The molecule has 1 fully saturated rings. The lowest BCUT2D eigenvalue weighted by Crippen LogP contribution is -2.14. The van der Waals surface area contributed by atoms with Crippen LogP contribution in [0.15, 0.2) is 18.2 Å². The van der Waals surface area contributed by atoms with Crippen LogP contribution >= 0.6 is 11.3 Å². The molecule has 3 rings (SSSR count). The Balaban J connectivity index is 1.79. The number of nitrogens with zero attached hydrogens (tertiary/aromatic N) is 1. The predicted octanol–water partition coefficient (Wildman–Crippen LogP) is 2.85. The third-order valence-electron chi connectivity index (χ3n) is 3.39. The zero-order valence-corrected chi connectivity index (χ0v) is 12.1. The minimum absolute atomic E-state index is 0.0543. The summed E-state index contributed by atoms with van der Waals surface area (Å²) in [5.41, 5.74) is 1.56. The summed E-state index contributed by atoms with van der Waals surface area (Å²) < 4.78 is 0.940. The fourth-order valence-corrected chi connectivity index (χ4v) is 3.05. The molecule has 1 heterocycles. The van der Waals surface area contributed by atoms with Crippen LogP contribution in [0.4, 0.5) is 10.8 Å². The van der Waals surface area contributed by atoms with Crippen LogP contribution in [0.1, 0.15) is 20.3 Å². The van der Waals surface area contributed by atoms with Gasteiger partial charge in [0.25, 0.3) is 0 Å².